The predicted octanol–water partition coefficient (Wildman–Crippen LogP) is 4.01. The summed E-state index contributed by atoms with van der Waals surface area (Å²) in [4.78, 5) is 25.3. The zero-order valence-electron chi connectivity index (χ0n) is 14.8. The van der Waals surface area contributed by atoms with E-state index in [1.54, 1.807) is 17.9 Å². The van der Waals surface area contributed by atoms with Crippen LogP contribution in [0.2, 0.25) is 0 Å². The summed E-state index contributed by atoms with van der Waals surface area (Å²) < 4.78 is 5.28. The first-order valence-corrected chi connectivity index (χ1v) is 8.85. The molecule has 0 radical (unpaired) electrons. The Hall–Kier alpha value is -2.89. The largest absolute Gasteiger partial charge is 0.487 e. The van der Waals surface area contributed by atoms with Crippen LogP contribution in [0.5, 0.6) is 5.75 Å². The van der Waals surface area contributed by atoms with Crippen LogP contribution in [0, 0.1) is 10.1 Å². The highest BCUT2D eigenvalue weighted by molar-refractivity contribution is 5.95. The fraction of sp³-hybridized carbons (Fsp3) is 0.350. The molecule has 0 spiro atoms. The van der Waals surface area contributed by atoms with Crippen LogP contribution in [0.4, 0.5) is 5.69 Å². The molecule has 6 nitrogen and oxygen atoms in total. The molecule has 26 heavy (non-hydrogen) atoms. The number of nitrogens with zero attached hydrogens (tertiary/aromatic N) is 2. The molecule has 0 aliphatic carbocycles. The molecule has 1 aliphatic heterocycles. The van der Waals surface area contributed by atoms with E-state index in [4.69, 9.17) is 4.74 Å². The second-order valence-corrected chi connectivity index (χ2v) is 6.35. The maximum Gasteiger partial charge on any atom is 0.311 e. The van der Waals surface area contributed by atoms with Crippen LogP contribution in [-0.2, 0) is 0 Å². The molecule has 0 N–H and O–H groups in total. The van der Waals surface area contributed by atoms with E-state index in [9.17, 15) is 14.9 Å². The highest BCUT2D eigenvalue weighted by atomic mass is 16.6. The molecule has 6 heteroatoms. The number of carbonyl (C=O) groups is 1. The third kappa shape index (κ3) is 3.85. The third-order valence-corrected chi connectivity index (χ3v) is 4.76. The molecule has 1 aliphatic rings. The lowest BCUT2D eigenvalue weighted by molar-refractivity contribution is -0.385. The average molecular weight is 354 g/mol. The Morgan fingerprint density at radius 2 is 1.88 bits per heavy atom. The number of nitro groups is 1. The standard InChI is InChI=1S/C20H22N2O4/c1-2-26-19-9-8-17(14-18(19)22(24)25)20(23)21-12-10-16(11-13-21)15-6-4-3-5-7-15/h3-9,14,16H,2,10-13H2,1H3. The number of likely N-dealkylation sites (tertiary alicyclic amines) is 1. The van der Waals surface area contributed by atoms with Gasteiger partial charge in [-0.2, -0.15) is 0 Å². The van der Waals surface area contributed by atoms with Gasteiger partial charge in [-0.05, 0) is 43.4 Å². The number of rotatable bonds is 5. The van der Waals surface area contributed by atoms with E-state index < -0.39 is 4.92 Å². The van der Waals surface area contributed by atoms with E-state index in [-0.39, 0.29) is 17.3 Å². The van der Waals surface area contributed by atoms with Gasteiger partial charge in [0.15, 0.2) is 5.75 Å². The minimum atomic E-state index is -0.511. The van der Waals surface area contributed by atoms with Crippen molar-refractivity contribution in [1.82, 2.24) is 4.90 Å². The quantitative estimate of drug-likeness (QED) is 0.601. The molecular weight excluding hydrogens is 332 g/mol. The first kappa shape index (κ1) is 17.9. The molecule has 0 saturated carbocycles. The number of hydrogen-bond donors (Lipinski definition) is 0. The third-order valence-electron chi connectivity index (χ3n) is 4.76. The van der Waals surface area contributed by atoms with E-state index in [1.807, 2.05) is 18.2 Å². The fourth-order valence-corrected chi connectivity index (χ4v) is 3.39. The molecule has 0 aromatic heterocycles. The van der Waals surface area contributed by atoms with Gasteiger partial charge in [0, 0.05) is 24.7 Å². The molecule has 0 atom stereocenters. The number of carbonyl (C=O) groups excluding carboxylic acids is 1. The summed E-state index contributed by atoms with van der Waals surface area (Å²) in [5.41, 5.74) is 1.46. The predicted molar refractivity (Wildman–Crippen MR) is 98.6 cm³/mol. The van der Waals surface area contributed by atoms with Crippen molar-refractivity contribution in [2.75, 3.05) is 19.7 Å². The zero-order chi connectivity index (χ0) is 18.5. The molecular formula is C20H22N2O4. The Bertz CT molecular complexity index is 784. The molecule has 1 fully saturated rings. The summed E-state index contributed by atoms with van der Waals surface area (Å²) in [6.45, 7) is 3.40. The van der Waals surface area contributed by atoms with E-state index in [2.05, 4.69) is 12.1 Å². The van der Waals surface area contributed by atoms with Gasteiger partial charge in [-0.3, -0.25) is 14.9 Å². The Balaban J connectivity index is 1.70. The van der Waals surface area contributed by atoms with Crippen LogP contribution in [-0.4, -0.2) is 35.4 Å². The van der Waals surface area contributed by atoms with Crippen LogP contribution in [0.1, 0.15) is 41.6 Å². The van der Waals surface area contributed by atoms with Crippen molar-refractivity contribution in [3.8, 4) is 5.75 Å². The fourth-order valence-electron chi connectivity index (χ4n) is 3.39. The molecule has 3 rings (SSSR count). The lowest BCUT2D eigenvalue weighted by atomic mass is 9.89. The monoisotopic (exact) mass is 354 g/mol. The highest BCUT2D eigenvalue weighted by Gasteiger charge is 2.26. The lowest BCUT2D eigenvalue weighted by Crippen LogP contribution is -2.37. The van der Waals surface area contributed by atoms with Crippen molar-refractivity contribution in [2.24, 2.45) is 0 Å². The topological polar surface area (TPSA) is 72.7 Å². The van der Waals surface area contributed by atoms with E-state index in [0.717, 1.165) is 12.8 Å². The van der Waals surface area contributed by atoms with Crippen molar-refractivity contribution < 1.29 is 14.5 Å². The lowest BCUT2D eigenvalue weighted by Gasteiger charge is -2.32. The van der Waals surface area contributed by atoms with Crippen LogP contribution >= 0.6 is 0 Å². The molecule has 0 bridgehead atoms. The van der Waals surface area contributed by atoms with E-state index in [0.29, 0.717) is 31.2 Å². The molecule has 1 heterocycles. The number of benzene rings is 2. The van der Waals surface area contributed by atoms with Gasteiger partial charge >= 0.3 is 5.69 Å². The van der Waals surface area contributed by atoms with Gasteiger partial charge in [0.25, 0.3) is 5.91 Å². The summed E-state index contributed by atoms with van der Waals surface area (Å²) in [7, 11) is 0. The maximum atomic E-state index is 12.7. The van der Waals surface area contributed by atoms with E-state index in [1.165, 1.54) is 17.7 Å². The summed E-state index contributed by atoms with van der Waals surface area (Å²) in [6.07, 6.45) is 1.80. The highest BCUT2D eigenvalue weighted by Crippen LogP contribution is 2.31. The van der Waals surface area contributed by atoms with Gasteiger partial charge in [0.2, 0.25) is 0 Å². The normalized spacial score (nSPS) is 14.9. The Kier molecular flexibility index (Phi) is 5.51. The van der Waals surface area contributed by atoms with E-state index >= 15 is 0 Å². The second kappa shape index (κ2) is 7.99. The van der Waals surface area contributed by atoms with Crippen LogP contribution in [0.25, 0.3) is 0 Å². The van der Waals surface area contributed by atoms with Crippen LogP contribution in [0.3, 0.4) is 0 Å². The first-order chi connectivity index (χ1) is 12.6. The second-order valence-electron chi connectivity index (χ2n) is 6.35. The molecule has 136 valence electrons. The summed E-state index contributed by atoms with van der Waals surface area (Å²) in [6, 6.07) is 14.7. The zero-order valence-corrected chi connectivity index (χ0v) is 14.8. The molecule has 1 amide bonds. The Morgan fingerprint density at radius 3 is 2.50 bits per heavy atom. The minimum Gasteiger partial charge on any atom is -0.487 e. The smallest absolute Gasteiger partial charge is 0.311 e. The molecule has 2 aromatic rings. The van der Waals surface area contributed by atoms with Crippen molar-refractivity contribution >= 4 is 11.6 Å². The molecule has 2 aromatic carbocycles. The Labute approximate surface area is 152 Å². The first-order valence-electron chi connectivity index (χ1n) is 8.85. The SMILES string of the molecule is CCOc1ccc(C(=O)N2CCC(c3ccccc3)CC2)cc1[N+](=O)[O-]. The number of amides is 1. The van der Waals surface area contributed by atoms with Gasteiger partial charge < -0.3 is 9.64 Å². The van der Waals surface area contributed by atoms with Gasteiger partial charge in [-0.15, -0.1) is 0 Å². The Morgan fingerprint density at radius 1 is 1.19 bits per heavy atom. The number of nitro benzene ring substituents is 1. The molecule has 1 saturated heterocycles. The number of hydrogen-bond acceptors (Lipinski definition) is 4. The van der Waals surface area contributed by atoms with Gasteiger partial charge in [-0.1, -0.05) is 30.3 Å². The van der Waals surface area contributed by atoms with Crippen molar-refractivity contribution in [3.63, 3.8) is 0 Å². The average Bonchev–Trinajstić information content (AvgIpc) is 2.68. The van der Waals surface area contributed by atoms with Crippen molar-refractivity contribution in [3.05, 3.63) is 69.8 Å². The summed E-state index contributed by atoms with van der Waals surface area (Å²) in [5, 5.41) is 11.2. The van der Waals surface area contributed by atoms with Gasteiger partial charge in [0.1, 0.15) is 0 Å². The summed E-state index contributed by atoms with van der Waals surface area (Å²) >= 11 is 0. The van der Waals surface area contributed by atoms with Crippen molar-refractivity contribution in [2.45, 2.75) is 25.7 Å². The van der Waals surface area contributed by atoms with Crippen molar-refractivity contribution in [1.29, 1.82) is 0 Å². The number of ether oxygens (including phenoxy) is 1. The van der Waals surface area contributed by atoms with Crippen LogP contribution in [0.15, 0.2) is 48.5 Å². The van der Waals surface area contributed by atoms with Gasteiger partial charge in [-0.25, -0.2) is 0 Å². The number of piperidine rings is 1. The summed E-state index contributed by atoms with van der Waals surface area (Å²) in [5.74, 6) is 0.481. The van der Waals surface area contributed by atoms with Gasteiger partial charge in [0.05, 0.1) is 11.5 Å². The van der Waals surface area contributed by atoms with Crippen LogP contribution < -0.4 is 4.74 Å². The molecule has 0 unspecified atom stereocenters. The maximum absolute atomic E-state index is 12.7. The minimum absolute atomic E-state index is 0.164.